The van der Waals surface area contributed by atoms with Crippen molar-refractivity contribution in [3.63, 3.8) is 0 Å². The lowest BCUT2D eigenvalue weighted by molar-refractivity contribution is -0.384. The van der Waals surface area contributed by atoms with Gasteiger partial charge in [0, 0.05) is 112 Å². The number of nitro benzene ring substituents is 1. The van der Waals surface area contributed by atoms with Crippen LogP contribution in [-0.4, -0.2) is 130 Å². The number of fused-ring (bicyclic) bond motifs is 1. The average Bonchev–Trinajstić information content (AvgIpc) is 3.97. The highest BCUT2D eigenvalue weighted by molar-refractivity contribution is 7.90. The number of allylic oxidation sites excluding steroid dienone is 1. The minimum absolute atomic E-state index is 0.0384. The number of hydrogen-bond acceptors (Lipinski definition) is 15. The molecule has 1 spiro atoms. The number of nitro groups is 1. The van der Waals surface area contributed by atoms with Crippen LogP contribution in [0.15, 0.2) is 82.8 Å². The number of pyridine rings is 1. The fourth-order valence-electron chi connectivity index (χ4n) is 9.97. The van der Waals surface area contributed by atoms with E-state index in [4.69, 9.17) is 14.2 Å². The number of carbonyl (C=O) groups excluding carboxylic acids is 1. The Morgan fingerprint density at radius 2 is 1.87 bits per heavy atom. The van der Waals surface area contributed by atoms with Crippen LogP contribution in [0.2, 0.25) is 0 Å². The molecule has 1 atom stereocenters. The van der Waals surface area contributed by atoms with Gasteiger partial charge in [0.15, 0.2) is 0 Å². The Kier molecular flexibility index (Phi) is 12.6. The molecule has 0 saturated carbocycles. The Balaban J connectivity index is 0.838. The second-order valence-corrected chi connectivity index (χ2v) is 22.0. The van der Waals surface area contributed by atoms with E-state index in [1.807, 2.05) is 17.4 Å². The molecule has 19 heteroatoms. The molecule has 1 aliphatic carbocycles. The number of nitrogens with one attached hydrogen (secondary N) is 4. The van der Waals surface area contributed by atoms with E-state index in [-0.39, 0.29) is 35.1 Å². The number of anilines is 2. The third-order valence-corrected chi connectivity index (χ3v) is 16.1. The van der Waals surface area contributed by atoms with Crippen molar-refractivity contribution < 1.29 is 32.3 Å². The summed E-state index contributed by atoms with van der Waals surface area (Å²) >= 11 is 1.90. The van der Waals surface area contributed by atoms with Crippen molar-refractivity contribution in [2.75, 3.05) is 95.5 Å². The molecule has 3 aromatic heterocycles. The molecule has 4 fully saturated rings. The Labute approximate surface area is 394 Å². The number of likely N-dealkylation sites (tertiary alicyclic amines) is 1. The smallest absolute Gasteiger partial charge is 0.293 e. The van der Waals surface area contributed by atoms with Crippen molar-refractivity contribution in [3.05, 3.63) is 104 Å². The number of H-pyrrole nitrogens is 1. The number of hydrogen-bond donors (Lipinski definition) is 4. The number of ether oxygens (including phenoxy) is 3. The first-order valence-corrected chi connectivity index (χ1v) is 25.4. The number of carbonyl (C=O) groups is 1. The monoisotopic (exact) mass is 951 g/mol. The maximum Gasteiger partial charge on any atom is 0.293 e. The Bertz CT molecular complexity index is 2800. The molecule has 354 valence electrons. The molecular formula is C48H57N9O8S2. The lowest BCUT2D eigenvalue weighted by atomic mass is 9.73. The summed E-state index contributed by atoms with van der Waals surface area (Å²) in [5, 5.41) is 21.6. The van der Waals surface area contributed by atoms with Crippen molar-refractivity contribution in [1.82, 2.24) is 29.8 Å². The minimum atomic E-state index is -4.58. The van der Waals surface area contributed by atoms with Gasteiger partial charge in [0.1, 0.15) is 22.8 Å². The summed E-state index contributed by atoms with van der Waals surface area (Å²) in [6.07, 6.45) is 6.31. The summed E-state index contributed by atoms with van der Waals surface area (Å²) in [5.74, 6) is -0.473. The molecular weight excluding hydrogens is 895 g/mol. The van der Waals surface area contributed by atoms with Crippen molar-refractivity contribution in [1.29, 1.82) is 0 Å². The molecule has 7 heterocycles. The van der Waals surface area contributed by atoms with Crippen LogP contribution in [0, 0.1) is 20.9 Å². The number of thiophene rings is 1. The molecule has 4 N–H and O–H groups in total. The average molecular weight is 952 g/mol. The molecule has 4 saturated heterocycles. The quantitative estimate of drug-likeness (QED) is 0.0659. The molecule has 2 aromatic carbocycles. The van der Waals surface area contributed by atoms with Gasteiger partial charge >= 0.3 is 0 Å². The number of sulfonamides is 1. The summed E-state index contributed by atoms with van der Waals surface area (Å²) in [4.78, 5) is 41.2. The molecule has 1 unspecified atom stereocenters. The van der Waals surface area contributed by atoms with Crippen LogP contribution in [0.3, 0.4) is 0 Å². The van der Waals surface area contributed by atoms with Crippen molar-refractivity contribution in [2.24, 2.45) is 10.8 Å². The number of nitrogens with zero attached hydrogens (tertiary/aromatic N) is 5. The van der Waals surface area contributed by atoms with Gasteiger partial charge < -0.3 is 34.7 Å². The summed E-state index contributed by atoms with van der Waals surface area (Å²) in [5.41, 5.74) is 6.34. The number of aromatic nitrogens is 2. The molecule has 4 aliphatic heterocycles. The molecule has 5 aromatic rings. The lowest BCUT2D eigenvalue weighted by Crippen LogP contribution is -2.70. The van der Waals surface area contributed by atoms with Gasteiger partial charge in [-0.2, -0.15) is 0 Å². The highest BCUT2D eigenvalue weighted by Gasteiger charge is 2.47. The van der Waals surface area contributed by atoms with Crippen LogP contribution >= 0.6 is 11.3 Å². The van der Waals surface area contributed by atoms with Crippen LogP contribution in [0.25, 0.3) is 16.6 Å². The zero-order valence-corrected chi connectivity index (χ0v) is 39.5. The second kappa shape index (κ2) is 18.6. The first kappa shape index (κ1) is 45.4. The topological polar surface area (TPSA) is 197 Å². The molecule has 0 bridgehead atoms. The van der Waals surface area contributed by atoms with E-state index in [1.54, 1.807) is 36.0 Å². The minimum Gasteiger partial charge on any atom is -0.455 e. The van der Waals surface area contributed by atoms with Gasteiger partial charge in [-0.05, 0) is 83.7 Å². The van der Waals surface area contributed by atoms with Gasteiger partial charge in [-0.1, -0.05) is 19.4 Å². The van der Waals surface area contributed by atoms with Crippen LogP contribution < -0.4 is 25.0 Å². The van der Waals surface area contributed by atoms with Crippen LogP contribution in [0.4, 0.5) is 17.1 Å². The third kappa shape index (κ3) is 10.1. The zero-order valence-electron chi connectivity index (χ0n) is 37.8. The fourth-order valence-corrected chi connectivity index (χ4v) is 12.0. The van der Waals surface area contributed by atoms with E-state index >= 15 is 0 Å². The number of piperazine rings is 1. The Hall–Kier alpha value is -5.41. The summed E-state index contributed by atoms with van der Waals surface area (Å²) in [6, 6.07) is 14.6. The zero-order chi connectivity index (χ0) is 46.3. The number of amides is 1. The highest BCUT2D eigenvalue weighted by Crippen LogP contribution is 2.45. The van der Waals surface area contributed by atoms with Gasteiger partial charge in [-0.3, -0.25) is 24.7 Å². The Morgan fingerprint density at radius 3 is 2.63 bits per heavy atom. The second-order valence-electron chi connectivity index (χ2n) is 19.4. The number of aromatic amines is 1. The molecule has 17 nitrogen and oxygen atoms in total. The molecule has 5 aliphatic rings. The first-order chi connectivity index (χ1) is 32.3. The predicted octanol–water partition coefficient (Wildman–Crippen LogP) is 6.46. The molecule has 1 amide bonds. The summed E-state index contributed by atoms with van der Waals surface area (Å²) in [7, 11) is -4.58. The predicted molar refractivity (Wildman–Crippen MR) is 258 cm³/mol. The third-order valence-electron chi connectivity index (χ3n) is 13.7. The lowest BCUT2D eigenvalue weighted by Gasteiger charge is -2.56. The van der Waals surface area contributed by atoms with Crippen LogP contribution in [0.5, 0.6) is 11.5 Å². The van der Waals surface area contributed by atoms with E-state index in [0.717, 1.165) is 82.3 Å². The van der Waals surface area contributed by atoms with E-state index in [2.05, 4.69) is 65.3 Å². The van der Waals surface area contributed by atoms with E-state index in [9.17, 15) is 23.3 Å². The Morgan fingerprint density at radius 1 is 1.03 bits per heavy atom. The van der Waals surface area contributed by atoms with Crippen LogP contribution in [0.1, 0.15) is 53.9 Å². The number of benzene rings is 2. The first-order valence-electron chi connectivity index (χ1n) is 23.0. The van der Waals surface area contributed by atoms with Gasteiger partial charge in [-0.15, -0.1) is 11.3 Å². The normalized spacial score (nSPS) is 20.9. The standard InChI is InChI=1S/C48H57N9O8S2/c1-47(2)9-7-34(40(21-47)44-17-32(27-66-44)24-55-30-48(31-55)28-49-29-48)25-54-11-13-56(14-12-54)35-3-5-39(43(19-35)65-36-18-33-8-10-50-45(33)52-22-36)46(58)53-67(61,62)38-4-6-41(42(20-38)57(59)60)51-23-37-26-63-15-16-64-37/h3-6,8,10,17-20,22,27,37,49,51H,7,9,11-16,21,23-26,28-31H2,1-2H3,(H,50,52)(H,53,58). The van der Waals surface area contributed by atoms with Gasteiger partial charge in [0.2, 0.25) is 0 Å². The molecule has 10 rings (SSSR count). The SMILES string of the molecule is CC1(C)CCC(CN2CCN(c3ccc(C(=O)NS(=O)(=O)c4ccc(NCC5COCCO5)c([N+](=O)[O-])c4)c(Oc4cnc5[nH]ccc5c4)c3)CC2)=C(c2cc(CN3CC4(CNC4)C3)cs2)C1. The highest BCUT2D eigenvalue weighted by atomic mass is 32.2. The summed E-state index contributed by atoms with van der Waals surface area (Å²) < 4.78 is 46.9. The van der Waals surface area contributed by atoms with Crippen molar-refractivity contribution in [2.45, 2.75) is 50.7 Å². The number of rotatable bonds is 15. The van der Waals surface area contributed by atoms with Crippen molar-refractivity contribution >= 4 is 60.9 Å². The maximum absolute atomic E-state index is 14.0. The van der Waals surface area contributed by atoms with Gasteiger partial charge in [-0.25, -0.2) is 18.1 Å². The van der Waals surface area contributed by atoms with E-state index < -0.39 is 31.4 Å². The van der Waals surface area contributed by atoms with Crippen molar-refractivity contribution in [3.8, 4) is 11.5 Å². The summed E-state index contributed by atoms with van der Waals surface area (Å²) in [6.45, 7) is 16.0. The van der Waals surface area contributed by atoms with Crippen LogP contribution in [-0.2, 0) is 26.0 Å². The molecule has 67 heavy (non-hydrogen) atoms. The van der Waals surface area contributed by atoms with E-state index in [1.165, 1.54) is 53.9 Å². The van der Waals surface area contributed by atoms with E-state index in [0.29, 0.717) is 36.6 Å². The fraction of sp³-hybridized carbons (Fsp3) is 0.458. The van der Waals surface area contributed by atoms with Gasteiger partial charge in [0.25, 0.3) is 21.6 Å². The maximum atomic E-state index is 14.0. The molecule has 0 radical (unpaired) electrons. The largest absolute Gasteiger partial charge is 0.455 e. The van der Waals surface area contributed by atoms with Gasteiger partial charge in [0.05, 0.1) is 47.5 Å².